The molecule has 1 saturated heterocycles. The van der Waals surface area contributed by atoms with E-state index in [1.807, 2.05) is 24.3 Å². The second-order valence-electron chi connectivity index (χ2n) is 7.06. The number of likely N-dealkylation sites (tertiary alicyclic amines) is 1. The Balaban J connectivity index is 1.44. The van der Waals surface area contributed by atoms with Gasteiger partial charge in [0.05, 0.1) is 12.7 Å². The lowest BCUT2D eigenvalue weighted by Crippen LogP contribution is -2.24. The average molecular weight is 417 g/mol. The lowest BCUT2D eigenvalue weighted by atomic mass is 10.1. The zero-order valence-corrected chi connectivity index (χ0v) is 16.0. The van der Waals surface area contributed by atoms with Crippen molar-refractivity contribution in [1.29, 1.82) is 0 Å². The Morgan fingerprint density at radius 2 is 1.83 bits per heavy atom. The maximum absolute atomic E-state index is 12.7. The van der Waals surface area contributed by atoms with Crippen LogP contribution in [0.25, 0.3) is 11.5 Å². The van der Waals surface area contributed by atoms with Crippen molar-refractivity contribution in [2.45, 2.75) is 25.1 Å². The normalized spacial score (nSPS) is 16.9. The topological polar surface area (TPSA) is 68.5 Å². The molecule has 1 aromatic heterocycles. The number of hydrogen-bond donors (Lipinski definition) is 0. The number of ether oxygens (including phenoxy) is 1. The van der Waals surface area contributed by atoms with E-state index in [1.165, 1.54) is 12.1 Å². The highest BCUT2D eigenvalue weighted by Gasteiger charge is 2.34. The zero-order valence-electron chi connectivity index (χ0n) is 16.0. The van der Waals surface area contributed by atoms with Gasteiger partial charge in [0, 0.05) is 31.0 Å². The van der Waals surface area contributed by atoms with Crippen LogP contribution < -0.4 is 4.74 Å². The van der Waals surface area contributed by atoms with Crippen molar-refractivity contribution in [1.82, 2.24) is 15.0 Å². The van der Waals surface area contributed by atoms with E-state index in [9.17, 15) is 18.0 Å². The molecule has 4 rings (SSSR count). The number of halogens is 3. The number of alkyl halides is 3. The van der Waals surface area contributed by atoms with Crippen LogP contribution in [0.1, 0.15) is 29.3 Å². The van der Waals surface area contributed by atoms with Gasteiger partial charge in [-0.2, -0.15) is 18.2 Å². The molecule has 1 aliphatic rings. The SMILES string of the molecule is COc1ccc(CN2CC(c3noc(-c4ccc(C(F)(F)F)cc4)n3)CC2=O)cc1. The number of amides is 1. The minimum atomic E-state index is -4.41. The lowest BCUT2D eigenvalue weighted by Gasteiger charge is -2.16. The van der Waals surface area contributed by atoms with Gasteiger partial charge in [0.15, 0.2) is 5.82 Å². The average Bonchev–Trinajstić information content (AvgIpc) is 3.35. The Hall–Kier alpha value is -3.36. The van der Waals surface area contributed by atoms with E-state index in [-0.39, 0.29) is 24.1 Å². The van der Waals surface area contributed by atoms with E-state index < -0.39 is 11.7 Å². The number of carbonyl (C=O) groups excluding carboxylic acids is 1. The van der Waals surface area contributed by atoms with Crippen LogP contribution in [-0.2, 0) is 17.5 Å². The number of nitrogens with zero attached hydrogens (tertiary/aromatic N) is 3. The van der Waals surface area contributed by atoms with Gasteiger partial charge in [-0.25, -0.2) is 0 Å². The fourth-order valence-corrected chi connectivity index (χ4v) is 3.37. The molecule has 1 aliphatic heterocycles. The van der Waals surface area contributed by atoms with E-state index in [2.05, 4.69) is 10.1 Å². The standard InChI is InChI=1S/C21H18F3N3O3/c1-29-17-8-2-13(3-9-17)11-27-12-15(10-18(27)28)19-25-20(30-26-19)14-4-6-16(7-5-14)21(22,23)24/h2-9,15H,10-12H2,1H3. The molecule has 1 amide bonds. The minimum Gasteiger partial charge on any atom is -0.497 e. The Bertz CT molecular complexity index is 1030. The summed E-state index contributed by atoms with van der Waals surface area (Å²) in [6.07, 6.45) is -4.15. The highest BCUT2D eigenvalue weighted by molar-refractivity contribution is 5.79. The second-order valence-corrected chi connectivity index (χ2v) is 7.06. The maximum atomic E-state index is 12.7. The molecule has 0 N–H and O–H groups in total. The van der Waals surface area contributed by atoms with Crippen molar-refractivity contribution >= 4 is 5.91 Å². The number of rotatable bonds is 5. The number of benzene rings is 2. The second kappa shape index (κ2) is 7.81. The molecule has 0 aliphatic carbocycles. The summed E-state index contributed by atoms with van der Waals surface area (Å²) in [5.74, 6) is 0.988. The number of hydrogen-bond acceptors (Lipinski definition) is 5. The van der Waals surface area contributed by atoms with Gasteiger partial charge in [0.1, 0.15) is 5.75 Å². The van der Waals surface area contributed by atoms with Crippen LogP contribution >= 0.6 is 0 Å². The summed E-state index contributed by atoms with van der Waals surface area (Å²) in [4.78, 5) is 18.4. The van der Waals surface area contributed by atoms with Crippen LogP contribution in [0.3, 0.4) is 0 Å². The predicted octanol–water partition coefficient (Wildman–Crippen LogP) is 4.28. The molecule has 3 aromatic rings. The van der Waals surface area contributed by atoms with Crippen molar-refractivity contribution in [3.8, 4) is 17.2 Å². The summed E-state index contributed by atoms with van der Waals surface area (Å²) in [6, 6.07) is 12.0. The molecule has 0 spiro atoms. The number of carbonyl (C=O) groups is 1. The van der Waals surface area contributed by atoms with Gasteiger partial charge in [-0.1, -0.05) is 17.3 Å². The molecule has 2 heterocycles. The van der Waals surface area contributed by atoms with Gasteiger partial charge in [-0.05, 0) is 42.0 Å². The Kier molecular flexibility index (Phi) is 5.19. The maximum Gasteiger partial charge on any atom is 0.416 e. The van der Waals surface area contributed by atoms with Crippen LogP contribution in [0.5, 0.6) is 5.75 Å². The molecule has 2 aromatic carbocycles. The molecule has 1 atom stereocenters. The van der Waals surface area contributed by atoms with Crippen molar-refractivity contribution < 1.29 is 27.2 Å². The van der Waals surface area contributed by atoms with Crippen LogP contribution in [-0.4, -0.2) is 34.6 Å². The van der Waals surface area contributed by atoms with Gasteiger partial charge in [-0.3, -0.25) is 4.79 Å². The van der Waals surface area contributed by atoms with Gasteiger partial charge in [-0.15, -0.1) is 0 Å². The van der Waals surface area contributed by atoms with E-state index in [0.29, 0.717) is 24.5 Å². The summed E-state index contributed by atoms with van der Waals surface area (Å²) in [7, 11) is 1.59. The first-order valence-corrected chi connectivity index (χ1v) is 9.25. The first kappa shape index (κ1) is 19.9. The third-order valence-corrected chi connectivity index (χ3v) is 5.01. The molecule has 6 nitrogen and oxygen atoms in total. The number of aromatic nitrogens is 2. The fraction of sp³-hybridized carbons (Fsp3) is 0.286. The van der Waals surface area contributed by atoms with Crippen LogP contribution in [0.4, 0.5) is 13.2 Å². The van der Waals surface area contributed by atoms with E-state index in [4.69, 9.17) is 9.26 Å². The Morgan fingerprint density at radius 1 is 1.13 bits per heavy atom. The molecule has 1 unspecified atom stereocenters. The summed E-state index contributed by atoms with van der Waals surface area (Å²) in [5.41, 5.74) is 0.617. The summed E-state index contributed by atoms with van der Waals surface area (Å²) < 4.78 is 48.5. The highest BCUT2D eigenvalue weighted by Crippen LogP contribution is 2.32. The largest absolute Gasteiger partial charge is 0.497 e. The van der Waals surface area contributed by atoms with Gasteiger partial charge in [0.25, 0.3) is 5.89 Å². The predicted molar refractivity (Wildman–Crippen MR) is 101 cm³/mol. The lowest BCUT2D eigenvalue weighted by molar-refractivity contribution is -0.137. The quantitative estimate of drug-likeness (QED) is 0.620. The van der Waals surface area contributed by atoms with E-state index in [0.717, 1.165) is 23.4 Å². The van der Waals surface area contributed by atoms with Crippen molar-refractivity contribution in [3.05, 3.63) is 65.5 Å². The minimum absolute atomic E-state index is 0.0169. The smallest absolute Gasteiger partial charge is 0.416 e. The highest BCUT2D eigenvalue weighted by atomic mass is 19.4. The molecule has 156 valence electrons. The van der Waals surface area contributed by atoms with E-state index in [1.54, 1.807) is 12.0 Å². The first-order chi connectivity index (χ1) is 14.3. The van der Waals surface area contributed by atoms with Crippen molar-refractivity contribution in [3.63, 3.8) is 0 Å². The van der Waals surface area contributed by atoms with Gasteiger partial charge >= 0.3 is 6.18 Å². The summed E-state index contributed by atoms with van der Waals surface area (Å²) in [6.45, 7) is 0.903. The molecular formula is C21H18F3N3O3. The zero-order chi connectivity index (χ0) is 21.3. The van der Waals surface area contributed by atoms with E-state index >= 15 is 0 Å². The van der Waals surface area contributed by atoms with Crippen molar-refractivity contribution in [2.75, 3.05) is 13.7 Å². The number of methoxy groups -OCH3 is 1. The Morgan fingerprint density at radius 3 is 2.47 bits per heavy atom. The monoisotopic (exact) mass is 417 g/mol. The fourth-order valence-electron chi connectivity index (χ4n) is 3.37. The molecule has 0 bridgehead atoms. The third kappa shape index (κ3) is 4.14. The van der Waals surface area contributed by atoms with Crippen LogP contribution in [0.2, 0.25) is 0 Å². The molecule has 0 radical (unpaired) electrons. The Labute approximate surface area is 170 Å². The molecular weight excluding hydrogens is 399 g/mol. The van der Waals surface area contributed by atoms with Gasteiger partial charge in [0.2, 0.25) is 5.91 Å². The molecule has 9 heteroatoms. The first-order valence-electron chi connectivity index (χ1n) is 9.25. The van der Waals surface area contributed by atoms with Crippen LogP contribution in [0, 0.1) is 0 Å². The van der Waals surface area contributed by atoms with Crippen LogP contribution in [0.15, 0.2) is 53.1 Å². The molecule has 1 fully saturated rings. The van der Waals surface area contributed by atoms with Crippen molar-refractivity contribution in [2.24, 2.45) is 0 Å². The summed E-state index contributed by atoms with van der Waals surface area (Å²) in [5, 5.41) is 3.94. The third-order valence-electron chi connectivity index (χ3n) is 5.01. The summed E-state index contributed by atoms with van der Waals surface area (Å²) >= 11 is 0. The van der Waals surface area contributed by atoms with Gasteiger partial charge < -0.3 is 14.2 Å². The molecule has 0 saturated carbocycles. The molecule has 30 heavy (non-hydrogen) atoms.